The van der Waals surface area contributed by atoms with E-state index < -0.39 is 0 Å². The van der Waals surface area contributed by atoms with E-state index in [-0.39, 0.29) is 5.82 Å². The number of nitrogens with zero attached hydrogens (tertiary/aromatic N) is 3. The van der Waals surface area contributed by atoms with Crippen molar-refractivity contribution >= 4 is 5.65 Å². The van der Waals surface area contributed by atoms with Crippen molar-refractivity contribution in [2.45, 2.75) is 6.54 Å². The number of nitrogens with two attached hydrogens (primary N) is 1. The van der Waals surface area contributed by atoms with Crippen molar-refractivity contribution in [3.63, 3.8) is 0 Å². The number of fused-ring (bicyclic) bond motifs is 1. The highest BCUT2D eigenvalue weighted by Gasteiger charge is 2.07. The molecule has 3 aromatic rings. The summed E-state index contributed by atoms with van der Waals surface area (Å²) in [4.78, 5) is 8.66. The van der Waals surface area contributed by atoms with Gasteiger partial charge in [0.05, 0.1) is 11.4 Å². The third-order valence-corrected chi connectivity index (χ3v) is 2.78. The highest BCUT2D eigenvalue weighted by Crippen LogP contribution is 2.20. The molecule has 0 aliphatic rings. The molecule has 0 amide bonds. The molecule has 0 atom stereocenters. The molecule has 4 nitrogen and oxygen atoms in total. The van der Waals surface area contributed by atoms with E-state index in [4.69, 9.17) is 5.73 Å². The van der Waals surface area contributed by atoms with Crippen molar-refractivity contribution < 1.29 is 4.39 Å². The standard InChI is InChI=1S/C13H11FN4/c14-10-3-1-9(2-4-10)12-8-18-6-5-16-11(7-15)13(18)17-12/h1-6,8H,7,15H2. The van der Waals surface area contributed by atoms with Crippen LogP contribution in [0.1, 0.15) is 5.69 Å². The summed E-state index contributed by atoms with van der Waals surface area (Å²) in [5.41, 5.74) is 8.73. The van der Waals surface area contributed by atoms with Gasteiger partial charge in [0.1, 0.15) is 5.82 Å². The van der Waals surface area contributed by atoms with E-state index in [1.54, 1.807) is 18.3 Å². The van der Waals surface area contributed by atoms with Gasteiger partial charge in [0.2, 0.25) is 0 Å². The van der Waals surface area contributed by atoms with E-state index in [9.17, 15) is 4.39 Å². The first-order chi connectivity index (χ1) is 8.78. The van der Waals surface area contributed by atoms with Gasteiger partial charge < -0.3 is 10.1 Å². The van der Waals surface area contributed by atoms with Crippen LogP contribution >= 0.6 is 0 Å². The molecule has 3 rings (SSSR count). The second kappa shape index (κ2) is 4.19. The van der Waals surface area contributed by atoms with Gasteiger partial charge in [0.15, 0.2) is 5.65 Å². The Morgan fingerprint density at radius 1 is 1.22 bits per heavy atom. The molecule has 18 heavy (non-hydrogen) atoms. The Kier molecular flexibility index (Phi) is 2.53. The third kappa shape index (κ3) is 1.74. The zero-order valence-corrected chi connectivity index (χ0v) is 9.55. The fourth-order valence-corrected chi connectivity index (χ4v) is 1.88. The van der Waals surface area contributed by atoms with Crippen LogP contribution in [0.2, 0.25) is 0 Å². The normalized spacial score (nSPS) is 11.0. The molecule has 2 aromatic heterocycles. The molecule has 2 heterocycles. The lowest BCUT2D eigenvalue weighted by molar-refractivity contribution is 0.628. The van der Waals surface area contributed by atoms with Gasteiger partial charge in [-0.05, 0) is 24.3 Å². The quantitative estimate of drug-likeness (QED) is 0.747. The molecule has 0 spiro atoms. The van der Waals surface area contributed by atoms with Crippen molar-refractivity contribution in [2.24, 2.45) is 5.73 Å². The Bertz CT molecular complexity index is 688. The molecule has 5 heteroatoms. The monoisotopic (exact) mass is 242 g/mol. The van der Waals surface area contributed by atoms with Crippen molar-refractivity contribution in [1.29, 1.82) is 0 Å². The number of halogens is 1. The van der Waals surface area contributed by atoms with Crippen LogP contribution in [0.4, 0.5) is 4.39 Å². The van der Waals surface area contributed by atoms with Gasteiger partial charge in [-0.2, -0.15) is 0 Å². The van der Waals surface area contributed by atoms with Gasteiger partial charge in [0.25, 0.3) is 0 Å². The van der Waals surface area contributed by atoms with Crippen LogP contribution in [0.15, 0.2) is 42.9 Å². The first kappa shape index (κ1) is 10.9. The fraction of sp³-hybridized carbons (Fsp3) is 0.0769. The summed E-state index contributed by atoms with van der Waals surface area (Å²) in [6, 6.07) is 6.24. The second-order valence-corrected chi connectivity index (χ2v) is 3.94. The highest BCUT2D eigenvalue weighted by atomic mass is 19.1. The van der Waals surface area contributed by atoms with Crippen LogP contribution in [-0.4, -0.2) is 14.4 Å². The summed E-state index contributed by atoms with van der Waals surface area (Å²) in [7, 11) is 0. The Labute approximate surface area is 103 Å². The van der Waals surface area contributed by atoms with Crippen LogP contribution in [0, 0.1) is 5.82 Å². The molecule has 0 radical (unpaired) electrons. The van der Waals surface area contributed by atoms with E-state index in [1.807, 2.05) is 16.8 Å². The molecule has 1 aromatic carbocycles. The van der Waals surface area contributed by atoms with Crippen molar-refractivity contribution in [1.82, 2.24) is 14.4 Å². The van der Waals surface area contributed by atoms with Gasteiger partial charge in [-0.3, -0.25) is 4.98 Å². The van der Waals surface area contributed by atoms with Gasteiger partial charge in [-0.1, -0.05) is 0 Å². The summed E-state index contributed by atoms with van der Waals surface area (Å²) in [6.45, 7) is 0.338. The first-order valence-corrected chi connectivity index (χ1v) is 5.56. The number of hydrogen-bond acceptors (Lipinski definition) is 3. The molecular formula is C13H11FN4. The molecule has 90 valence electrons. The molecule has 0 saturated heterocycles. The second-order valence-electron chi connectivity index (χ2n) is 3.94. The Morgan fingerprint density at radius 2 is 2.00 bits per heavy atom. The Morgan fingerprint density at radius 3 is 2.72 bits per heavy atom. The van der Waals surface area contributed by atoms with Gasteiger partial charge in [-0.25, -0.2) is 9.37 Å². The Hall–Kier alpha value is -2.27. The SMILES string of the molecule is NCc1nccn2cc(-c3ccc(F)cc3)nc12. The maximum absolute atomic E-state index is 12.9. The van der Waals surface area contributed by atoms with Gasteiger partial charge in [0, 0.05) is 30.7 Å². The topological polar surface area (TPSA) is 56.2 Å². The summed E-state index contributed by atoms with van der Waals surface area (Å²) in [5.74, 6) is -0.258. The largest absolute Gasteiger partial charge is 0.325 e. The van der Waals surface area contributed by atoms with Crippen LogP contribution in [0.25, 0.3) is 16.9 Å². The van der Waals surface area contributed by atoms with Crippen LogP contribution in [0.5, 0.6) is 0 Å². The minimum Gasteiger partial charge on any atom is -0.325 e. The third-order valence-electron chi connectivity index (χ3n) is 2.78. The van der Waals surface area contributed by atoms with Crippen molar-refractivity contribution in [3.05, 3.63) is 54.4 Å². The molecule has 0 fully saturated rings. The molecule has 0 aliphatic heterocycles. The number of rotatable bonds is 2. The van der Waals surface area contributed by atoms with E-state index in [2.05, 4.69) is 9.97 Å². The lowest BCUT2D eigenvalue weighted by Gasteiger charge is -1.96. The van der Waals surface area contributed by atoms with Gasteiger partial charge >= 0.3 is 0 Å². The molecular weight excluding hydrogens is 231 g/mol. The summed E-state index contributed by atoms with van der Waals surface area (Å²) >= 11 is 0. The average molecular weight is 242 g/mol. The first-order valence-electron chi connectivity index (χ1n) is 5.56. The Balaban J connectivity index is 2.16. The highest BCUT2D eigenvalue weighted by molar-refractivity contribution is 5.63. The van der Waals surface area contributed by atoms with Gasteiger partial charge in [-0.15, -0.1) is 0 Å². The van der Waals surface area contributed by atoms with Crippen LogP contribution < -0.4 is 5.73 Å². The van der Waals surface area contributed by atoms with Crippen molar-refractivity contribution in [2.75, 3.05) is 0 Å². The number of imidazole rings is 1. The molecule has 0 unspecified atom stereocenters. The minimum absolute atomic E-state index is 0.258. The molecule has 0 saturated carbocycles. The summed E-state index contributed by atoms with van der Waals surface area (Å²) in [6.07, 6.45) is 5.38. The predicted octanol–water partition coefficient (Wildman–Crippen LogP) is 1.99. The van der Waals surface area contributed by atoms with E-state index in [1.165, 1.54) is 12.1 Å². The maximum Gasteiger partial charge on any atom is 0.160 e. The minimum atomic E-state index is -0.258. The van der Waals surface area contributed by atoms with E-state index >= 15 is 0 Å². The van der Waals surface area contributed by atoms with Crippen LogP contribution in [0.3, 0.4) is 0 Å². The number of hydrogen-bond donors (Lipinski definition) is 1. The van der Waals surface area contributed by atoms with Crippen LogP contribution in [-0.2, 0) is 6.54 Å². The smallest absolute Gasteiger partial charge is 0.160 e. The maximum atomic E-state index is 12.9. The van der Waals surface area contributed by atoms with E-state index in [0.717, 1.165) is 22.6 Å². The van der Waals surface area contributed by atoms with E-state index in [0.29, 0.717) is 6.54 Å². The van der Waals surface area contributed by atoms with Crippen molar-refractivity contribution in [3.8, 4) is 11.3 Å². The zero-order chi connectivity index (χ0) is 12.5. The molecule has 2 N–H and O–H groups in total. The number of aromatic nitrogens is 3. The lowest BCUT2D eigenvalue weighted by Crippen LogP contribution is -2.02. The lowest BCUT2D eigenvalue weighted by atomic mass is 10.2. The fourth-order valence-electron chi connectivity index (χ4n) is 1.88. The molecule has 0 bridgehead atoms. The summed E-state index contributed by atoms with van der Waals surface area (Å²) < 4.78 is 14.7. The predicted molar refractivity (Wildman–Crippen MR) is 66.3 cm³/mol. The number of benzene rings is 1. The average Bonchev–Trinajstić information content (AvgIpc) is 2.83. The molecule has 0 aliphatic carbocycles. The summed E-state index contributed by atoms with van der Waals surface area (Å²) in [5, 5.41) is 0. The zero-order valence-electron chi connectivity index (χ0n) is 9.55.